The lowest BCUT2D eigenvalue weighted by Crippen LogP contribution is -2.32. The molecule has 0 spiro atoms. The number of rotatable bonds is 2. The van der Waals surface area contributed by atoms with E-state index in [9.17, 15) is 9.90 Å². The first-order chi connectivity index (χ1) is 8.48. The van der Waals surface area contributed by atoms with Crippen LogP contribution in [0.15, 0.2) is 12.3 Å². The van der Waals surface area contributed by atoms with Crippen molar-refractivity contribution in [3.63, 3.8) is 0 Å². The molecule has 1 aliphatic heterocycles. The number of nitriles is 1. The summed E-state index contributed by atoms with van der Waals surface area (Å²) in [4.78, 5) is 17.3. The monoisotopic (exact) mass is 245 g/mol. The molecule has 0 saturated carbocycles. The number of carboxylic acids is 1. The number of anilines is 1. The summed E-state index contributed by atoms with van der Waals surface area (Å²) in [5.41, 5.74) is 0.650. The Hall–Kier alpha value is -2.09. The normalized spacial score (nSPS) is 22.8. The third-order valence-corrected chi connectivity index (χ3v) is 3.54. The highest BCUT2D eigenvalue weighted by Gasteiger charge is 2.41. The van der Waals surface area contributed by atoms with Gasteiger partial charge in [0.15, 0.2) is 0 Å². The molecule has 0 amide bonds. The van der Waals surface area contributed by atoms with Crippen LogP contribution in [-0.4, -0.2) is 29.1 Å². The second-order valence-electron chi connectivity index (χ2n) is 4.98. The highest BCUT2D eigenvalue weighted by Crippen LogP contribution is 2.34. The van der Waals surface area contributed by atoms with Crippen LogP contribution in [0.1, 0.15) is 24.5 Å². The van der Waals surface area contributed by atoms with E-state index in [-0.39, 0.29) is 0 Å². The standard InChI is InChI=1S/C13H15N3O2/c1-9-3-5-15-11(10(9)7-14)16-6-4-13(2,8-16)12(17)18/h3,5H,4,6,8H2,1-2H3,(H,17,18). The molecule has 1 saturated heterocycles. The van der Waals surface area contributed by atoms with Gasteiger partial charge >= 0.3 is 5.97 Å². The van der Waals surface area contributed by atoms with E-state index in [2.05, 4.69) is 11.1 Å². The quantitative estimate of drug-likeness (QED) is 0.855. The summed E-state index contributed by atoms with van der Waals surface area (Å²) in [6.07, 6.45) is 2.23. The maximum atomic E-state index is 11.2. The van der Waals surface area contributed by atoms with E-state index in [1.807, 2.05) is 11.8 Å². The van der Waals surface area contributed by atoms with Crippen molar-refractivity contribution in [2.24, 2.45) is 5.41 Å². The van der Waals surface area contributed by atoms with Crippen LogP contribution in [0.5, 0.6) is 0 Å². The largest absolute Gasteiger partial charge is 0.481 e. The summed E-state index contributed by atoms with van der Waals surface area (Å²) in [6.45, 7) is 4.61. The second kappa shape index (κ2) is 4.30. The van der Waals surface area contributed by atoms with Crippen molar-refractivity contribution in [1.82, 2.24) is 4.98 Å². The van der Waals surface area contributed by atoms with E-state index in [4.69, 9.17) is 5.26 Å². The Bertz CT molecular complexity index is 536. The van der Waals surface area contributed by atoms with Crippen molar-refractivity contribution in [1.29, 1.82) is 5.26 Å². The number of aromatic nitrogens is 1. The molecule has 2 rings (SSSR count). The number of carbonyl (C=O) groups is 1. The molecule has 5 heteroatoms. The van der Waals surface area contributed by atoms with Crippen LogP contribution in [0.2, 0.25) is 0 Å². The first kappa shape index (κ1) is 12.4. The van der Waals surface area contributed by atoms with Gasteiger partial charge in [-0.25, -0.2) is 4.98 Å². The predicted molar refractivity (Wildman–Crippen MR) is 66.3 cm³/mol. The van der Waals surface area contributed by atoms with Crippen molar-refractivity contribution >= 4 is 11.8 Å². The zero-order valence-electron chi connectivity index (χ0n) is 10.5. The maximum Gasteiger partial charge on any atom is 0.311 e. The van der Waals surface area contributed by atoms with Gasteiger partial charge in [-0.3, -0.25) is 4.79 Å². The van der Waals surface area contributed by atoms with Crippen LogP contribution in [0.25, 0.3) is 0 Å². The highest BCUT2D eigenvalue weighted by atomic mass is 16.4. The molecule has 1 fully saturated rings. The molecule has 1 aliphatic rings. The van der Waals surface area contributed by atoms with Gasteiger partial charge in [0.2, 0.25) is 0 Å². The SMILES string of the molecule is Cc1ccnc(N2CCC(C)(C(=O)O)C2)c1C#N. The van der Waals surface area contributed by atoms with Crippen molar-refractivity contribution in [3.8, 4) is 6.07 Å². The second-order valence-corrected chi connectivity index (χ2v) is 4.98. The zero-order valence-corrected chi connectivity index (χ0v) is 10.5. The van der Waals surface area contributed by atoms with Crippen molar-refractivity contribution in [3.05, 3.63) is 23.4 Å². The van der Waals surface area contributed by atoms with Gasteiger partial charge in [-0.1, -0.05) is 0 Å². The summed E-state index contributed by atoms with van der Waals surface area (Å²) in [7, 11) is 0. The van der Waals surface area contributed by atoms with E-state index in [0.717, 1.165) is 5.56 Å². The average molecular weight is 245 g/mol. The molecule has 0 aliphatic carbocycles. The van der Waals surface area contributed by atoms with Gasteiger partial charge in [0, 0.05) is 19.3 Å². The fraction of sp³-hybridized carbons (Fsp3) is 0.462. The topological polar surface area (TPSA) is 77.2 Å². The molecule has 1 unspecified atom stereocenters. The molecule has 18 heavy (non-hydrogen) atoms. The Labute approximate surface area is 106 Å². The van der Waals surface area contributed by atoms with E-state index in [1.165, 1.54) is 0 Å². The molecule has 94 valence electrons. The lowest BCUT2D eigenvalue weighted by molar-refractivity contribution is -0.146. The molecular weight excluding hydrogens is 230 g/mol. The third kappa shape index (κ3) is 1.90. The lowest BCUT2D eigenvalue weighted by atomic mass is 9.90. The van der Waals surface area contributed by atoms with Crippen molar-refractivity contribution < 1.29 is 9.90 Å². The summed E-state index contributed by atoms with van der Waals surface area (Å²) >= 11 is 0. The fourth-order valence-electron chi connectivity index (χ4n) is 2.24. The molecule has 2 heterocycles. The summed E-state index contributed by atoms with van der Waals surface area (Å²) < 4.78 is 0. The smallest absolute Gasteiger partial charge is 0.311 e. The van der Waals surface area contributed by atoms with E-state index in [0.29, 0.717) is 30.9 Å². The van der Waals surface area contributed by atoms with Crippen LogP contribution in [-0.2, 0) is 4.79 Å². The van der Waals surface area contributed by atoms with E-state index < -0.39 is 11.4 Å². The number of aryl methyl sites for hydroxylation is 1. The van der Waals surface area contributed by atoms with Crippen LogP contribution in [0.3, 0.4) is 0 Å². The Morgan fingerprint density at radius 3 is 2.94 bits per heavy atom. The fourth-order valence-corrected chi connectivity index (χ4v) is 2.24. The highest BCUT2D eigenvalue weighted by molar-refractivity contribution is 5.76. The minimum Gasteiger partial charge on any atom is -0.481 e. The first-order valence-corrected chi connectivity index (χ1v) is 5.82. The van der Waals surface area contributed by atoms with Gasteiger partial charge in [-0.05, 0) is 31.9 Å². The molecule has 1 N–H and O–H groups in total. The molecule has 5 nitrogen and oxygen atoms in total. The zero-order chi connectivity index (χ0) is 13.3. The molecule has 0 aromatic carbocycles. The van der Waals surface area contributed by atoms with Crippen molar-refractivity contribution in [2.45, 2.75) is 20.3 Å². The first-order valence-electron chi connectivity index (χ1n) is 5.82. The van der Waals surface area contributed by atoms with Crippen LogP contribution in [0.4, 0.5) is 5.82 Å². The van der Waals surface area contributed by atoms with E-state index in [1.54, 1.807) is 19.2 Å². The molecule has 0 bridgehead atoms. The lowest BCUT2D eigenvalue weighted by Gasteiger charge is -2.22. The van der Waals surface area contributed by atoms with Gasteiger partial charge in [0.1, 0.15) is 11.9 Å². The molecule has 1 atom stereocenters. The van der Waals surface area contributed by atoms with Crippen LogP contribution < -0.4 is 4.90 Å². The molecule has 0 radical (unpaired) electrons. The molecular formula is C13H15N3O2. The van der Waals surface area contributed by atoms with Gasteiger partial charge in [0.25, 0.3) is 0 Å². The summed E-state index contributed by atoms with van der Waals surface area (Å²) in [6, 6.07) is 3.93. The minimum atomic E-state index is -0.795. The number of pyridine rings is 1. The number of hydrogen-bond donors (Lipinski definition) is 1. The Balaban J connectivity index is 2.34. The number of carboxylic acid groups (broad SMARTS) is 1. The number of aliphatic carboxylic acids is 1. The summed E-state index contributed by atoms with van der Waals surface area (Å²) in [5, 5.41) is 18.4. The van der Waals surface area contributed by atoms with Crippen molar-refractivity contribution in [2.75, 3.05) is 18.0 Å². The minimum absolute atomic E-state index is 0.396. The van der Waals surface area contributed by atoms with Gasteiger partial charge < -0.3 is 10.0 Å². The Morgan fingerprint density at radius 1 is 1.67 bits per heavy atom. The Morgan fingerprint density at radius 2 is 2.39 bits per heavy atom. The third-order valence-electron chi connectivity index (χ3n) is 3.54. The molecule has 1 aromatic heterocycles. The van der Waals surface area contributed by atoms with Crippen LogP contribution in [0, 0.1) is 23.7 Å². The average Bonchev–Trinajstić information content (AvgIpc) is 2.73. The van der Waals surface area contributed by atoms with Gasteiger partial charge in [-0.2, -0.15) is 5.26 Å². The van der Waals surface area contributed by atoms with Gasteiger partial charge in [0.05, 0.1) is 11.0 Å². The number of nitrogens with zero attached hydrogens (tertiary/aromatic N) is 3. The summed E-state index contributed by atoms with van der Waals surface area (Å²) in [5.74, 6) is -0.196. The molecule has 1 aromatic rings. The number of hydrogen-bond acceptors (Lipinski definition) is 4. The van der Waals surface area contributed by atoms with E-state index >= 15 is 0 Å². The van der Waals surface area contributed by atoms with Gasteiger partial charge in [-0.15, -0.1) is 0 Å². The Kier molecular flexibility index (Phi) is 2.95. The predicted octanol–water partition coefficient (Wildman–Crippen LogP) is 1.56. The van der Waals surface area contributed by atoms with Crippen LogP contribution >= 0.6 is 0 Å². The maximum absolute atomic E-state index is 11.2.